The number of ether oxygens (including phenoxy) is 2. The van der Waals surface area contributed by atoms with Crippen molar-refractivity contribution in [3.8, 4) is 11.5 Å². The molecule has 0 aliphatic rings. The molecule has 0 aliphatic carbocycles. The number of alkyl halides is 2. The molecule has 2 aromatic rings. The standard InChI is InChI=1S/C18H24F2N4O2.HI/c1-21-18(23-9-12-24-10-3-4-11-24)22-8-7-14-5-6-15(25-2)16(13-14)26-17(19)20;/h3-6,10-11,13,17H,7-9,12H2,1-2H3,(H2,21,22,23);1H. The van der Waals surface area contributed by atoms with Gasteiger partial charge in [0.2, 0.25) is 0 Å². The van der Waals surface area contributed by atoms with Crippen molar-refractivity contribution in [2.45, 2.75) is 19.6 Å². The maximum Gasteiger partial charge on any atom is 0.387 e. The van der Waals surface area contributed by atoms with Gasteiger partial charge in [0, 0.05) is 39.1 Å². The van der Waals surface area contributed by atoms with Gasteiger partial charge in [-0.3, -0.25) is 4.99 Å². The van der Waals surface area contributed by atoms with Crippen LogP contribution in [-0.4, -0.2) is 44.4 Å². The van der Waals surface area contributed by atoms with Crippen molar-refractivity contribution in [3.05, 3.63) is 48.3 Å². The van der Waals surface area contributed by atoms with Crippen LogP contribution in [0.5, 0.6) is 11.5 Å². The fraction of sp³-hybridized carbons (Fsp3) is 0.389. The van der Waals surface area contributed by atoms with Gasteiger partial charge >= 0.3 is 6.61 Å². The van der Waals surface area contributed by atoms with Crippen LogP contribution in [0.15, 0.2) is 47.7 Å². The highest BCUT2D eigenvalue weighted by atomic mass is 127. The van der Waals surface area contributed by atoms with Gasteiger partial charge in [-0.05, 0) is 36.2 Å². The van der Waals surface area contributed by atoms with Gasteiger partial charge in [0.1, 0.15) is 0 Å². The lowest BCUT2D eigenvalue weighted by Gasteiger charge is -2.14. The Morgan fingerprint density at radius 3 is 2.48 bits per heavy atom. The fourth-order valence-electron chi connectivity index (χ4n) is 2.43. The molecule has 150 valence electrons. The molecule has 2 rings (SSSR count). The number of hydrogen-bond donors (Lipinski definition) is 2. The second-order valence-corrected chi connectivity index (χ2v) is 5.46. The highest BCUT2D eigenvalue weighted by Crippen LogP contribution is 2.29. The Morgan fingerprint density at radius 1 is 1.15 bits per heavy atom. The molecule has 6 nitrogen and oxygen atoms in total. The summed E-state index contributed by atoms with van der Waals surface area (Å²) in [5, 5.41) is 6.42. The first kappa shape index (κ1) is 23.0. The van der Waals surface area contributed by atoms with Crippen LogP contribution in [0.4, 0.5) is 8.78 Å². The zero-order chi connectivity index (χ0) is 18.8. The number of aromatic nitrogens is 1. The number of aliphatic imine (C=N–C) groups is 1. The molecular formula is C18H25F2IN4O2. The Labute approximate surface area is 175 Å². The average molecular weight is 494 g/mol. The highest BCUT2D eigenvalue weighted by Gasteiger charge is 2.11. The lowest BCUT2D eigenvalue weighted by Crippen LogP contribution is -2.39. The second kappa shape index (κ2) is 12.4. The van der Waals surface area contributed by atoms with E-state index in [0.29, 0.717) is 18.9 Å². The number of guanidine groups is 1. The molecule has 0 spiro atoms. The molecule has 1 heterocycles. The largest absolute Gasteiger partial charge is 0.493 e. The van der Waals surface area contributed by atoms with Crippen LogP contribution >= 0.6 is 24.0 Å². The summed E-state index contributed by atoms with van der Waals surface area (Å²) in [4.78, 5) is 4.16. The van der Waals surface area contributed by atoms with Crippen molar-refractivity contribution in [1.29, 1.82) is 0 Å². The van der Waals surface area contributed by atoms with Crippen molar-refractivity contribution in [2.24, 2.45) is 4.99 Å². The second-order valence-electron chi connectivity index (χ2n) is 5.46. The zero-order valence-electron chi connectivity index (χ0n) is 15.3. The first-order valence-electron chi connectivity index (χ1n) is 8.29. The topological polar surface area (TPSA) is 59.8 Å². The number of methoxy groups -OCH3 is 1. The Morgan fingerprint density at radius 2 is 1.85 bits per heavy atom. The van der Waals surface area contributed by atoms with Crippen LogP contribution in [0, 0.1) is 0 Å². The summed E-state index contributed by atoms with van der Waals surface area (Å²) < 4.78 is 36.6. The molecule has 1 aromatic carbocycles. The van der Waals surface area contributed by atoms with Crippen molar-refractivity contribution < 1.29 is 18.3 Å². The summed E-state index contributed by atoms with van der Waals surface area (Å²) in [6, 6.07) is 8.97. The molecule has 0 saturated carbocycles. The lowest BCUT2D eigenvalue weighted by molar-refractivity contribution is -0.0512. The van der Waals surface area contributed by atoms with E-state index in [9.17, 15) is 8.78 Å². The van der Waals surface area contributed by atoms with Crippen molar-refractivity contribution in [3.63, 3.8) is 0 Å². The maximum absolute atomic E-state index is 12.5. The Bertz CT molecular complexity index is 697. The van der Waals surface area contributed by atoms with Crippen LogP contribution in [0.1, 0.15) is 5.56 Å². The normalized spacial score (nSPS) is 11.1. The molecule has 0 unspecified atom stereocenters. The molecule has 9 heteroatoms. The van der Waals surface area contributed by atoms with Gasteiger partial charge in [0.05, 0.1) is 7.11 Å². The maximum atomic E-state index is 12.5. The summed E-state index contributed by atoms with van der Waals surface area (Å²) in [5.74, 6) is 1.01. The smallest absolute Gasteiger partial charge is 0.387 e. The molecule has 0 amide bonds. The molecule has 2 N–H and O–H groups in total. The number of nitrogens with zero attached hydrogens (tertiary/aromatic N) is 2. The molecule has 0 saturated heterocycles. The summed E-state index contributed by atoms with van der Waals surface area (Å²) >= 11 is 0. The lowest BCUT2D eigenvalue weighted by atomic mass is 10.1. The van der Waals surface area contributed by atoms with Gasteiger partial charge in [-0.25, -0.2) is 0 Å². The third-order valence-electron chi connectivity index (χ3n) is 3.70. The van der Waals surface area contributed by atoms with E-state index in [-0.39, 0.29) is 35.5 Å². The molecule has 0 radical (unpaired) electrons. The van der Waals surface area contributed by atoms with Gasteiger partial charge in [-0.15, -0.1) is 24.0 Å². The number of rotatable bonds is 9. The summed E-state index contributed by atoms with van der Waals surface area (Å²) in [6.07, 6.45) is 4.63. The molecule has 0 bridgehead atoms. The third-order valence-corrected chi connectivity index (χ3v) is 3.70. The van der Waals surface area contributed by atoms with Crippen molar-refractivity contribution in [1.82, 2.24) is 15.2 Å². The van der Waals surface area contributed by atoms with E-state index in [4.69, 9.17) is 4.74 Å². The van der Waals surface area contributed by atoms with Gasteiger partial charge in [-0.2, -0.15) is 8.78 Å². The van der Waals surface area contributed by atoms with E-state index in [0.717, 1.165) is 18.7 Å². The number of benzene rings is 1. The SMILES string of the molecule is CN=C(NCCc1ccc(OC)c(OC(F)F)c1)NCCn1cccc1.I. The van der Waals surface area contributed by atoms with Crippen LogP contribution < -0.4 is 20.1 Å². The van der Waals surface area contributed by atoms with Crippen molar-refractivity contribution >= 4 is 29.9 Å². The molecule has 0 atom stereocenters. The predicted octanol–water partition coefficient (Wildman–Crippen LogP) is 3.12. The van der Waals surface area contributed by atoms with E-state index in [2.05, 4.69) is 24.9 Å². The number of hydrogen-bond acceptors (Lipinski definition) is 3. The minimum Gasteiger partial charge on any atom is -0.493 e. The number of nitrogens with one attached hydrogen (secondary N) is 2. The van der Waals surface area contributed by atoms with Crippen LogP contribution in [0.25, 0.3) is 0 Å². The molecule has 27 heavy (non-hydrogen) atoms. The van der Waals surface area contributed by atoms with E-state index in [1.54, 1.807) is 19.2 Å². The van der Waals surface area contributed by atoms with E-state index < -0.39 is 6.61 Å². The predicted molar refractivity (Wildman–Crippen MR) is 113 cm³/mol. The first-order chi connectivity index (χ1) is 12.6. The van der Waals surface area contributed by atoms with E-state index in [1.807, 2.05) is 30.6 Å². The summed E-state index contributed by atoms with van der Waals surface area (Å²) in [7, 11) is 3.12. The first-order valence-corrected chi connectivity index (χ1v) is 8.29. The van der Waals surface area contributed by atoms with Gasteiger partial charge in [-0.1, -0.05) is 6.07 Å². The monoisotopic (exact) mass is 494 g/mol. The Balaban J connectivity index is 0.00000364. The molecular weight excluding hydrogens is 469 g/mol. The van der Waals surface area contributed by atoms with Crippen LogP contribution in [0.2, 0.25) is 0 Å². The highest BCUT2D eigenvalue weighted by molar-refractivity contribution is 14.0. The Hall–Kier alpha value is -2.04. The minimum atomic E-state index is -2.89. The minimum absolute atomic E-state index is 0. The fourth-order valence-corrected chi connectivity index (χ4v) is 2.43. The third kappa shape index (κ3) is 8.02. The summed E-state index contributed by atoms with van der Waals surface area (Å²) in [6.45, 7) is -0.714. The van der Waals surface area contributed by atoms with Crippen molar-refractivity contribution in [2.75, 3.05) is 27.2 Å². The van der Waals surface area contributed by atoms with E-state index >= 15 is 0 Å². The summed E-state index contributed by atoms with van der Waals surface area (Å²) in [5.41, 5.74) is 0.858. The van der Waals surface area contributed by atoms with Gasteiger partial charge in [0.25, 0.3) is 0 Å². The van der Waals surface area contributed by atoms with Crippen LogP contribution in [-0.2, 0) is 13.0 Å². The molecule has 0 aliphatic heterocycles. The quantitative estimate of drug-likeness (QED) is 0.320. The van der Waals surface area contributed by atoms with E-state index in [1.165, 1.54) is 7.11 Å². The molecule has 1 aromatic heterocycles. The van der Waals surface area contributed by atoms with Gasteiger partial charge < -0.3 is 24.7 Å². The van der Waals surface area contributed by atoms with Gasteiger partial charge in [0.15, 0.2) is 17.5 Å². The zero-order valence-corrected chi connectivity index (χ0v) is 17.7. The molecule has 0 fully saturated rings. The Kier molecular flexibility index (Phi) is 10.5. The van der Waals surface area contributed by atoms with Crippen LogP contribution in [0.3, 0.4) is 0 Å². The number of halogens is 3. The average Bonchev–Trinajstić information content (AvgIpc) is 3.13.